The summed E-state index contributed by atoms with van der Waals surface area (Å²) >= 11 is 5.46. The molecule has 0 radical (unpaired) electrons. The molecule has 17 heavy (non-hydrogen) atoms. The molecule has 0 saturated carbocycles. The van der Waals surface area contributed by atoms with Crippen molar-refractivity contribution in [3.8, 4) is 11.5 Å². The number of rotatable bonds is 7. The number of ether oxygens (including phenoxy) is 2. The number of hydrogen-bond donors (Lipinski definition) is 1. The molecular weight excluding hydrogens is 238 g/mol. The highest BCUT2D eigenvalue weighted by atomic mass is 35.5. The van der Waals surface area contributed by atoms with E-state index in [0.29, 0.717) is 19.8 Å². The Balaban J connectivity index is 2.91. The first kappa shape index (κ1) is 13.9. The van der Waals surface area contributed by atoms with E-state index >= 15 is 0 Å². The Morgan fingerprint density at radius 2 is 2.18 bits per heavy atom. The van der Waals surface area contributed by atoms with E-state index in [2.05, 4.69) is 0 Å². The molecule has 0 amide bonds. The standard InChI is InChI=1S/C13H18ClNO2/c1-2-16-12-6-3-5-11(7-9-15)13(12)17-10-4-8-14/h3-6,8H,2,7,9-10,15H2,1H3/b8-4+. The molecule has 0 unspecified atom stereocenters. The fourth-order valence-corrected chi connectivity index (χ4v) is 1.59. The van der Waals surface area contributed by atoms with Gasteiger partial charge in [-0.05, 0) is 37.6 Å². The second kappa shape index (κ2) is 7.98. The van der Waals surface area contributed by atoms with Gasteiger partial charge >= 0.3 is 0 Å². The molecule has 3 nitrogen and oxygen atoms in total. The van der Waals surface area contributed by atoms with Gasteiger partial charge < -0.3 is 15.2 Å². The molecule has 1 aromatic rings. The van der Waals surface area contributed by atoms with Gasteiger partial charge in [0.1, 0.15) is 6.61 Å². The Hall–Kier alpha value is -1.19. The van der Waals surface area contributed by atoms with E-state index in [1.54, 1.807) is 6.08 Å². The zero-order valence-corrected chi connectivity index (χ0v) is 10.7. The third-order valence-electron chi connectivity index (χ3n) is 2.19. The van der Waals surface area contributed by atoms with Crippen LogP contribution in [0.3, 0.4) is 0 Å². The van der Waals surface area contributed by atoms with Crippen LogP contribution in [0, 0.1) is 0 Å². The van der Waals surface area contributed by atoms with Crippen molar-refractivity contribution in [1.82, 2.24) is 0 Å². The maximum atomic E-state index is 5.66. The predicted molar refractivity (Wildman–Crippen MR) is 70.9 cm³/mol. The summed E-state index contributed by atoms with van der Waals surface area (Å²) in [5, 5.41) is 0. The zero-order valence-electron chi connectivity index (χ0n) is 9.99. The molecule has 1 aromatic carbocycles. The number of nitrogens with two attached hydrogens (primary N) is 1. The molecule has 0 fully saturated rings. The lowest BCUT2D eigenvalue weighted by Crippen LogP contribution is -2.07. The lowest BCUT2D eigenvalue weighted by Gasteiger charge is -2.14. The Morgan fingerprint density at radius 1 is 1.35 bits per heavy atom. The lowest BCUT2D eigenvalue weighted by atomic mass is 10.1. The first-order valence-corrected chi connectivity index (χ1v) is 6.09. The van der Waals surface area contributed by atoms with E-state index < -0.39 is 0 Å². The van der Waals surface area contributed by atoms with Crippen LogP contribution >= 0.6 is 11.6 Å². The molecule has 0 saturated heterocycles. The molecule has 0 atom stereocenters. The van der Waals surface area contributed by atoms with Crippen LogP contribution in [0.25, 0.3) is 0 Å². The zero-order chi connectivity index (χ0) is 12.5. The molecule has 94 valence electrons. The van der Waals surface area contributed by atoms with Gasteiger partial charge in [0.2, 0.25) is 0 Å². The number of para-hydroxylation sites is 1. The topological polar surface area (TPSA) is 44.5 Å². The van der Waals surface area contributed by atoms with Gasteiger partial charge in [0.15, 0.2) is 11.5 Å². The molecule has 1 rings (SSSR count). The smallest absolute Gasteiger partial charge is 0.164 e. The van der Waals surface area contributed by atoms with E-state index in [1.165, 1.54) is 5.54 Å². The Morgan fingerprint density at radius 3 is 2.82 bits per heavy atom. The summed E-state index contributed by atoms with van der Waals surface area (Å²) < 4.78 is 11.2. The van der Waals surface area contributed by atoms with Gasteiger partial charge in [-0.3, -0.25) is 0 Å². The second-order valence-corrected chi connectivity index (χ2v) is 3.64. The van der Waals surface area contributed by atoms with E-state index in [0.717, 1.165) is 23.5 Å². The van der Waals surface area contributed by atoms with Crippen molar-refractivity contribution in [2.75, 3.05) is 19.8 Å². The van der Waals surface area contributed by atoms with Gasteiger partial charge in [-0.25, -0.2) is 0 Å². The van der Waals surface area contributed by atoms with Gasteiger partial charge in [0, 0.05) is 5.54 Å². The normalized spacial score (nSPS) is 10.8. The van der Waals surface area contributed by atoms with Gasteiger partial charge in [-0.1, -0.05) is 23.7 Å². The lowest BCUT2D eigenvalue weighted by molar-refractivity contribution is 0.294. The predicted octanol–water partition coefficient (Wildman–Crippen LogP) is 2.72. The van der Waals surface area contributed by atoms with Crippen LogP contribution in [-0.4, -0.2) is 19.8 Å². The monoisotopic (exact) mass is 255 g/mol. The highest BCUT2D eigenvalue weighted by molar-refractivity contribution is 6.25. The minimum absolute atomic E-state index is 0.422. The van der Waals surface area contributed by atoms with Crippen molar-refractivity contribution in [2.45, 2.75) is 13.3 Å². The molecule has 0 aliphatic heterocycles. The fourth-order valence-electron chi connectivity index (χ4n) is 1.51. The summed E-state index contributed by atoms with van der Waals surface area (Å²) in [6.45, 7) is 3.55. The molecule has 4 heteroatoms. The number of hydrogen-bond acceptors (Lipinski definition) is 3. The average molecular weight is 256 g/mol. The third-order valence-corrected chi connectivity index (χ3v) is 2.37. The number of benzene rings is 1. The highest BCUT2D eigenvalue weighted by Crippen LogP contribution is 2.31. The van der Waals surface area contributed by atoms with Crippen LogP contribution in [0.4, 0.5) is 0 Å². The van der Waals surface area contributed by atoms with Crippen LogP contribution < -0.4 is 15.2 Å². The second-order valence-electron chi connectivity index (χ2n) is 3.39. The summed E-state index contributed by atoms with van der Waals surface area (Å²) in [6.07, 6.45) is 2.50. The van der Waals surface area contributed by atoms with Gasteiger partial charge in [0.05, 0.1) is 6.61 Å². The van der Waals surface area contributed by atoms with Crippen molar-refractivity contribution in [3.63, 3.8) is 0 Å². The molecule has 2 N–H and O–H groups in total. The van der Waals surface area contributed by atoms with Crippen molar-refractivity contribution in [1.29, 1.82) is 0 Å². The Bertz CT molecular complexity index is 342. The van der Waals surface area contributed by atoms with Gasteiger partial charge in [-0.15, -0.1) is 0 Å². The molecular formula is C13H18ClNO2. The molecule has 0 aliphatic rings. The maximum Gasteiger partial charge on any atom is 0.164 e. The van der Waals surface area contributed by atoms with Crippen molar-refractivity contribution < 1.29 is 9.47 Å². The van der Waals surface area contributed by atoms with E-state index in [1.807, 2.05) is 25.1 Å². The minimum atomic E-state index is 0.422. The number of halogens is 1. The van der Waals surface area contributed by atoms with Crippen LogP contribution in [0.1, 0.15) is 12.5 Å². The van der Waals surface area contributed by atoms with Crippen molar-refractivity contribution in [2.24, 2.45) is 5.73 Å². The summed E-state index contributed by atoms with van der Waals surface area (Å²) in [6, 6.07) is 5.83. The summed E-state index contributed by atoms with van der Waals surface area (Å²) in [4.78, 5) is 0. The van der Waals surface area contributed by atoms with Gasteiger partial charge in [-0.2, -0.15) is 0 Å². The van der Waals surface area contributed by atoms with E-state index in [-0.39, 0.29) is 0 Å². The van der Waals surface area contributed by atoms with Crippen LogP contribution in [0.2, 0.25) is 0 Å². The van der Waals surface area contributed by atoms with Crippen molar-refractivity contribution >= 4 is 11.6 Å². The molecule has 0 heterocycles. The average Bonchev–Trinajstić information content (AvgIpc) is 2.33. The first-order chi connectivity index (χ1) is 8.33. The SMILES string of the molecule is CCOc1cccc(CCN)c1OC/C=C/Cl. The molecule has 0 spiro atoms. The summed E-state index contributed by atoms with van der Waals surface area (Å²) in [7, 11) is 0. The Kier molecular flexibility index (Phi) is 6.51. The highest BCUT2D eigenvalue weighted by Gasteiger charge is 2.09. The molecule has 0 bridgehead atoms. The van der Waals surface area contributed by atoms with Crippen LogP contribution in [0.15, 0.2) is 29.8 Å². The molecule has 0 aromatic heterocycles. The van der Waals surface area contributed by atoms with Crippen molar-refractivity contribution in [3.05, 3.63) is 35.4 Å². The summed E-state index contributed by atoms with van der Waals surface area (Å²) in [5.74, 6) is 1.51. The largest absolute Gasteiger partial charge is 0.490 e. The van der Waals surface area contributed by atoms with E-state index in [4.69, 9.17) is 26.8 Å². The van der Waals surface area contributed by atoms with Gasteiger partial charge in [0.25, 0.3) is 0 Å². The minimum Gasteiger partial charge on any atom is -0.490 e. The van der Waals surface area contributed by atoms with E-state index in [9.17, 15) is 0 Å². The van der Waals surface area contributed by atoms with Crippen LogP contribution in [0.5, 0.6) is 11.5 Å². The maximum absolute atomic E-state index is 5.66. The first-order valence-electron chi connectivity index (χ1n) is 5.66. The fraction of sp³-hybridized carbons (Fsp3) is 0.385. The van der Waals surface area contributed by atoms with Crippen LogP contribution in [-0.2, 0) is 6.42 Å². The third kappa shape index (κ3) is 4.29. The molecule has 0 aliphatic carbocycles. The quantitative estimate of drug-likeness (QED) is 0.815. The Labute approximate surface area is 107 Å². The summed E-state index contributed by atoms with van der Waals surface area (Å²) in [5.41, 5.74) is 8.07.